The summed E-state index contributed by atoms with van der Waals surface area (Å²) >= 11 is 1.68. The highest BCUT2D eigenvalue weighted by Gasteiger charge is 2.21. The Labute approximate surface area is 120 Å². The quantitative estimate of drug-likeness (QED) is 0.479. The summed E-state index contributed by atoms with van der Waals surface area (Å²) in [4.78, 5) is 11.9. The number of carbonyl (C=O) groups is 1. The van der Waals surface area contributed by atoms with Crippen molar-refractivity contribution in [1.29, 1.82) is 0 Å². The molecule has 108 valence electrons. The highest BCUT2D eigenvalue weighted by atomic mass is 32.2. The van der Waals surface area contributed by atoms with E-state index in [-0.39, 0.29) is 11.2 Å². The van der Waals surface area contributed by atoms with E-state index in [2.05, 4.69) is 6.92 Å². The topological polar surface area (TPSA) is 39.4 Å². The first-order valence-electron chi connectivity index (χ1n) is 7.08. The molecule has 0 aromatic carbocycles. The molecule has 1 aromatic rings. The smallest absolute Gasteiger partial charge is 0.319 e. The minimum atomic E-state index is -0.146. The third kappa shape index (κ3) is 6.71. The molecule has 19 heavy (non-hydrogen) atoms. The molecule has 0 fully saturated rings. The van der Waals surface area contributed by atoms with E-state index in [4.69, 9.17) is 9.15 Å². The van der Waals surface area contributed by atoms with Gasteiger partial charge in [0.05, 0.1) is 12.9 Å². The lowest BCUT2D eigenvalue weighted by atomic mass is 10.2. The van der Waals surface area contributed by atoms with Gasteiger partial charge in [0, 0.05) is 6.42 Å². The van der Waals surface area contributed by atoms with E-state index in [0.717, 1.165) is 17.9 Å². The molecule has 0 saturated carbocycles. The Bertz CT molecular complexity index is 335. The second kappa shape index (κ2) is 9.96. The molecule has 0 aliphatic rings. The van der Waals surface area contributed by atoms with Gasteiger partial charge in [-0.15, -0.1) is 11.8 Å². The standard InChI is InChI=1S/C15H24O3S/c1-3-5-6-7-11-19-14(15(16)17-4-2)12-13-9-8-10-18-13/h8-10,14H,3-7,11-12H2,1-2H3. The molecule has 1 rings (SSSR count). The second-order valence-electron chi connectivity index (χ2n) is 4.46. The lowest BCUT2D eigenvalue weighted by Crippen LogP contribution is -2.23. The highest BCUT2D eigenvalue weighted by molar-refractivity contribution is 8.00. The number of thioether (sulfide) groups is 1. The SMILES string of the molecule is CCCCCCSC(Cc1ccco1)C(=O)OCC. The molecule has 0 spiro atoms. The zero-order valence-electron chi connectivity index (χ0n) is 11.9. The van der Waals surface area contributed by atoms with Crippen molar-refractivity contribution in [1.82, 2.24) is 0 Å². The van der Waals surface area contributed by atoms with Crippen molar-refractivity contribution < 1.29 is 13.9 Å². The lowest BCUT2D eigenvalue weighted by Gasteiger charge is -2.14. The normalized spacial score (nSPS) is 12.3. The van der Waals surface area contributed by atoms with E-state index in [1.807, 2.05) is 19.1 Å². The number of hydrogen-bond donors (Lipinski definition) is 0. The Morgan fingerprint density at radius 1 is 1.37 bits per heavy atom. The maximum absolute atomic E-state index is 11.9. The summed E-state index contributed by atoms with van der Waals surface area (Å²) in [7, 11) is 0. The van der Waals surface area contributed by atoms with Crippen LogP contribution >= 0.6 is 11.8 Å². The minimum absolute atomic E-state index is 0.126. The Morgan fingerprint density at radius 3 is 2.84 bits per heavy atom. The lowest BCUT2D eigenvalue weighted by molar-refractivity contribution is -0.142. The maximum Gasteiger partial charge on any atom is 0.319 e. The van der Waals surface area contributed by atoms with Crippen LogP contribution in [0.3, 0.4) is 0 Å². The Balaban J connectivity index is 2.38. The van der Waals surface area contributed by atoms with Gasteiger partial charge in [-0.05, 0) is 31.2 Å². The van der Waals surface area contributed by atoms with Crippen LogP contribution in [-0.2, 0) is 16.0 Å². The molecule has 4 heteroatoms. The largest absolute Gasteiger partial charge is 0.469 e. The van der Waals surface area contributed by atoms with Crippen molar-refractivity contribution in [2.45, 2.75) is 51.2 Å². The van der Waals surface area contributed by atoms with Gasteiger partial charge in [0.25, 0.3) is 0 Å². The van der Waals surface area contributed by atoms with E-state index in [1.165, 1.54) is 19.3 Å². The van der Waals surface area contributed by atoms with Crippen LogP contribution in [0.25, 0.3) is 0 Å². The summed E-state index contributed by atoms with van der Waals surface area (Å²) in [5, 5.41) is -0.146. The summed E-state index contributed by atoms with van der Waals surface area (Å²) in [5.41, 5.74) is 0. The van der Waals surface area contributed by atoms with Crippen molar-refractivity contribution in [3.63, 3.8) is 0 Å². The number of esters is 1. The molecule has 0 aliphatic carbocycles. The molecule has 0 bridgehead atoms. The molecule has 0 radical (unpaired) electrons. The number of rotatable bonds is 10. The van der Waals surface area contributed by atoms with E-state index >= 15 is 0 Å². The molecule has 0 amide bonds. The first-order valence-corrected chi connectivity index (χ1v) is 8.13. The van der Waals surface area contributed by atoms with E-state index in [0.29, 0.717) is 13.0 Å². The minimum Gasteiger partial charge on any atom is -0.469 e. The summed E-state index contributed by atoms with van der Waals surface area (Å²) in [6, 6.07) is 3.76. The molecule has 0 N–H and O–H groups in total. The Kier molecular flexibility index (Phi) is 8.47. The molecule has 1 aromatic heterocycles. The molecule has 0 aliphatic heterocycles. The number of hydrogen-bond acceptors (Lipinski definition) is 4. The molecule has 1 unspecified atom stereocenters. The number of unbranched alkanes of at least 4 members (excludes halogenated alkanes) is 3. The highest BCUT2D eigenvalue weighted by Crippen LogP contribution is 2.20. The second-order valence-corrected chi connectivity index (χ2v) is 5.77. The van der Waals surface area contributed by atoms with Crippen LogP contribution in [0.4, 0.5) is 0 Å². The van der Waals surface area contributed by atoms with Crippen LogP contribution in [0, 0.1) is 0 Å². The van der Waals surface area contributed by atoms with Gasteiger partial charge < -0.3 is 9.15 Å². The predicted molar refractivity (Wildman–Crippen MR) is 79.4 cm³/mol. The summed E-state index contributed by atoms with van der Waals surface area (Å²) in [6.45, 7) is 4.48. The van der Waals surface area contributed by atoms with E-state index in [9.17, 15) is 4.79 Å². The van der Waals surface area contributed by atoms with Crippen LogP contribution in [0.5, 0.6) is 0 Å². The fourth-order valence-corrected chi connectivity index (χ4v) is 2.95. The van der Waals surface area contributed by atoms with E-state index < -0.39 is 0 Å². The van der Waals surface area contributed by atoms with Crippen molar-refractivity contribution in [2.75, 3.05) is 12.4 Å². The summed E-state index contributed by atoms with van der Waals surface area (Å²) < 4.78 is 10.4. The fourth-order valence-electron chi connectivity index (χ4n) is 1.81. The van der Waals surface area contributed by atoms with Gasteiger partial charge in [-0.1, -0.05) is 26.2 Å². The summed E-state index contributed by atoms with van der Waals surface area (Å²) in [5.74, 6) is 1.72. The molecular formula is C15H24O3S. The maximum atomic E-state index is 11.9. The molecule has 1 heterocycles. The van der Waals surface area contributed by atoms with Gasteiger partial charge in [-0.25, -0.2) is 0 Å². The first kappa shape index (κ1) is 16.2. The third-order valence-corrected chi connectivity index (χ3v) is 4.12. The van der Waals surface area contributed by atoms with Crippen LogP contribution in [-0.4, -0.2) is 23.6 Å². The van der Waals surface area contributed by atoms with Gasteiger partial charge in [-0.2, -0.15) is 0 Å². The van der Waals surface area contributed by atoms with Gasteiger partial charge in [0.1, 0.15) is 11.0 Å². The first-order chi connectivity index (χ1) is 9.27. The number of ether oxygens (including phenoxy) is 1. The summed E-state index contributed by atoms with van der Waals surface area (Å²) in [6.07, 6.45) is 7.15. The van der Waals surface area contributed by atoms with Crippen LogP contribution in [0.2, 0.25) is 0 Å². The van der Waals surface area contributed by atoms with Gasteiger partial charge in [0.2, 0.25) is 0 Å². The van der Waals surface area contributed by atoms with E-state index in [1.54, 1.807) is 18.0 Å². The molecule has 3 nitrogen and oxygen atoms in total. The Morgan fingerprint density at radius 2 is 2.21 bits per heavy atom. The van der Waals surface area contributed by atoms with Crippen molar-refractivity contribution in [3.05, 3.63) is 24.2 Å². The number of furan rings is 1. The van der Waals surface area contributed by atoms with Crippen molar-refractivity contribution in [2.24, 2.45) is 0 Å². The monoisotopic (exact) mass is 284 g/mol. The fraction of sp³-hybridized carbons (Fsp3) is 0.667. The molecule has 1 atom stereocenters. The predicted octanol–water partition coefficient (Wildman–Crippen LogP) is 4.07. The van der Waals surface area contributed by atoms with Crippen LogP contribution in [0.15, 0.2) is 22.8 Å². The zero-order valence-corrected chi connectivity index (χ0v) is 12.7. The van der Waals surface area contributed by atoms with Crippen LogP contribution in [0.1, 0.15) is 45.3 Å². The zero-order chi connectivity index (χ0) is 13.9. The van der Waals surface area contributed by atoms with Gasteiger partial charge in [0.15, 0.2) is 0 Å². The van der Waals surface area contributed by atoms with Gasteiger partial charge in [-0.3, -0.25) is 4.79 Å². The van der Waals surface area contributed by atoms with Crippen molar-refractivity contribution >= 4 is 17.7 Å². The average Bonchev–Trinajstić information content (AvgIpc) is 2.90. The molecular weight excluding hydrogens is 260 g/mol. The van der Waals surface area contributed by atoms with Gasteiger partial charge >= 0.3 is 5.97 Å². The number of carbonyl (C=O) groups excluding carboxylic acids is 1. The average molecular weight is 284 g/mol. The van der Waals surface area contributed by atoms with Crippen LogP contribution < -0.4 is 0 Å². The third-order valence-electron chi connectivity index (χ3n) is 2.83. The Hall–Kier alpha value is -0.900. The molecule has 0 saturated heterocycles. The van der Waals surface area contributed by atoms with Crippen molar-refractivity contribution in [3.8, 4) is 0 Å².